The standard InChI is InChI=1S/C15H9BrClNO2S2/c16-13-6-5-11(21-13)7-12-14(19)18(15(20)22-12)8-9-1-3-10(17)4-2-9/h1-7H,8H2/b12-7-. The van der Waals surface area contributed by atoms with E-state index in [1.807, 2.05) is 24.3 Å². The van der Waals surface area contributed by atoms with Gasteiger partial charge in [-0.3, -0.25) is 14.5 Å². The van der Waals surface area contributed by atoms with Gasteiger partial charge < -0.3 is 0 Å². The molecule has 1 aromatic carbocycles. The molecule has 2 amide bonds. The van der Waals surface area contributed by atoms with E-state index in [1.165, 1.54) is 16.2 Å². The van der Waals surface area contributed by atoms with E-state index in [9.17, 15) is 9.59 Å². The second-order valence-electron chi connectivity index (χ2n) is 4.54. The van der Waals surface area contributed by atoms with Gasteiger partial charge in [0.2, 0.25) is 0 Å². The van der Waals surface area contributed by atoms with Crippen molar-refractivity contribution in [2.45, 2.75) is 6.54 Å². The number of benzene rings is 1. The van der Waals surface area contributed by atoms with E-state index >= 15 is 0 Å². The van der Waals surface area contributed by atoms with Gasteiger partial charge in [-0.25, -0.2) is 0 Å². The minimum absolute atomic E-state index is 0.248. The Bertz CT molecular complexity index is 770. The molecule has 0 aliphatic carbocycles. The SMILES string of the molecule is O=C1S/C(=C\c2ccc(Br)s2)C(=O)N1Cc1ccc(Cl)cc1. The van der Waals surface area contributed by atoms with Crippen LogP contribution in [0.2, 0.25) is 5.02 Å². The zero-order valence-corrected chi connectivity index (χ0v) is 15.1. The van der Waals surface area contributed by atoms with E-state index in [0.717, 1.165) is 26.0 Å². The minimum Gasteiger partial charge on any atom is -0.268 e. The fourth-order valence-corrected chi connectivity index (χ4v) is 4.34. The zero-order chi connectivity index (χ0) is 15.7. The van der Waals surface area contributed by atoms with Crippen LogP contribution in [0.1, 0.15) is 10.4 Å². The lowest BCUT2D eigenvalue weighted by atomic mass is 10.2. The number of hydrogen-bond acceptors (Lipinski definition) is 4. The molecule has 1 aliphatic heterocycles. The maximum absolute atomic E-state index is 12.4. The van der Waals surface area contributed by atoms with E-state index < -0.39 is 0 Å². The average Bonchev–Trinajstić information content (AvgIpc) is 3.00. The molecule has 22 heavy (non-hydrogen) atoms. The Morgan fingerprint density at radius 3 is 2.50 bits per heavy atom. The largest absolute Gasteiger partial charge is 0.293 e. The van der Waals surface area contributed by atoms with Crippen molar-refractivity contribution in [2.75, 3.05) is 0 Å². The summed E-state index contributed by atoms with van der Waals surface area (Å²) in [7, 11) is 0. The highest BCUT2D eigenvalue weighted by Crippen LogP contribution is 2.35. The smallest absolute Gasteiger partial charge is 0.268 e. The maximum atomic E-state index is 12.4. The van der Waals surface area contributed by atoms with Crippen LogP contribution < -0.4 is 0 Å². The molecule has 1 saturated heterocycles. The lowest BCUT2D eigenvalue weighted by Gasteiger charge is -2.12. The number of nitrogens with zero attached hydrogens (tertiary/aromatic N) is 1. The van der Waals surface area contributed by atoms with Crippen LogP contribution in [0.4, 0.5) is 4.79 Å². The van der Waals surface area contributed by atoms with Gasteiger partial charge in [0.15, 0.2) is 0 Å². The normalized spacial score (nSPS) is 16.8. The number of thiophene rings is 1. The van der Waals surface area contributed by atoms with Crippen LogP contribution in [0, 0.1) is 0 Å². The van der Waals surface area contributed by atoms with E-state index in [0.29, 0.717) is 9.93 Å². The van der Waals surface area contributed by atoms with Crippen molar-refractivity contribution >= 4 is 67.9 Å². The molecule has 3 rings (SSSR count). The van der Waals surface area contributed by atoms with Crippen molar-refractivity contribution in [1.29, 1.82) is 0 Å². The molecule has 112 valence electrons. The fourth-order valence-electron chi connectivity index (χ4n) is 1.94. The Hall–Kier alpha value is -1.08. The molecule has 3 nitrogen and oxygen atoms in total. The first kappa shape index (κ1) is 15.8. The Balaban J connectivity index is 1.79. The van der Waals surface area contributed by atoms with Crippen LogP contribution in [-0.2, 0) is 11.3 Å². The van der Waals surface area contributed by atoms with Gasteiger partial charge in [-0.1, -0.05) is 23.7 Å². The predicted octanol–water partition coefficient (Wildman–Crippen LogP) is 5.40. The highest BCUT2D eigenvalue weighted by Gasteiger charge is 2.35. The van der Waals surface area contributed by atoms with Crippen molar-refractivity contribution in [3.05, 3.63) is 60.6 Å². The molecule has 1 aliphatic rings. The Morgan fingerprint density at radius 2 is 1.86 bits per heavy atom. The van der Waals surface area contributed by atoms with E-state index in [1.54, 1.807) is 18.2 Å². The molecule has 0 saturated carbocycles. The summed E-state index contributed by atoms with van der Waals surface area (Å²) in [5.41, 5.74) is 0.867. The molecular formula is C15H9BrClNO2S2. The summed E-state index contributed by atoms with van der Waals surface area (Å²) in [6, 6.07) is 10.9. The fraction of sp³-hybridized carbons (Fsp3) is 0.0667. The van der Waals surface area contributed by atoms with Gasteiger partial charge in [-0.05, 0) is 63.6 Å². The molecule has 0 unspecified atom stereocenters. The molecule has 0 bridgehead atoms. The van der Waals surface area contributed by atoms with Gasteiger partial charge in [-0.15, -0.1) is 11.3 Å². The van der Waals surface area contributed by atoms with Gasteiger partial charge in [0.1, 0.15) is 0 Å². The Labute approximate surface area is 149 Å². The van der Waals surface area contributed by atoms with Gasteiger partial charge in [-0.2, -0.15) is 0 Å². The summed E-state index contributed by atoms with van der Waals surface area (Å²) in [6.45, 7) is 0.257. The van der Waals surface area contributed by atoms with Gasteiger partial charge in [0, 0.05) is 9.90 Å². The third kappa shape index (κ3) is 3.46. The van der Waals surface area contributed by atoms with E-state index in [4.69, 9.17) is 11.6 Å². The summed E-state index contributed by atoms with van der Waals surface area (Å²) < 4.78 is 0.985. The molecule has 0 spiro atoms. The molecule has 0 radical (unpaired) electrons. The molecule has 2 heterocycles. The van der Waals surface area contributed by atoms with Gasteiger partial charge in [0.05, 0.1) is 15.2 Å². The summed E-state index contributed by atoms with van der Waals surface area (Å²) in [5.74, 6) is -0.255. The van der Waals surface area contributed by atoms with Crippen LogP contribution in [0.25, 0.3) is 6.08 Å². The summed E-state index contributed by atoms with van der Waals surface area (Å²) in [6.07, 6.45) is 1.75. The van der Waals surface area contributed by atoms with Gasteiger partial charge in [0.25, 0.3) is 11.1 Å². The van der Waals surface area contributed by atoms with Crippen molar-refractivity contribution in [1.82, 2.24) is 4.90 Å². The van der Waals surface area contributed by atoms with Crippen molar-refractivity contribution < 1.29 is 9.59 Å². The summed E-state index contributed by atoms with van der Waals surface area (Å²) in [5, 5.41) is 0.378. The number of hydrogen-bond donors (Lipinski definition) is 0. The topological polar surface area (TPSA) is 37.4 Å². The minimum atomic E-state index is -0.255. The highest BCUT2D eigenvalue weighted by atomic mass is 79.9. The second kappa shape index (κ2) is 6.58. The van der Waals surface area contributed by atoms with Gasteiger partial charge >= 0.3 is 0 Å². The lowest BCUT2D eigenvalue weighted by Crippen LogP contribution is -2.27. The summed E-state index contributed by atoms with van der Waals surface area (Å²) in [4.78, 5) is 27.1. The van der Waals surface area contributed by atoms with E-state index in [-0.39, 0.29) is 17.7 Å². The lowest BCUT2D eigenvalue weighted by molar-refractivity contribution is -0.123. The number of halogens is 2. The quantitative estimate of drug-likeness (QED) is 0.631. The van der Waals surface area contributed by atoms with Crippen LogP contribution in [0.5, 0.6) is 0 Å². The Kier molecular flexibility index (Phi) is 4.73. The molecule has 1 aromatic heterocycles. The number of thioether (sulfide) groups is 1. The van der Waals surface area contributed by atoms with Crippen LogP contribution in [0.15, 0.2) is 45.1 Å². The van der Waals surface area contributed by atoms with Crippen LogP contribution in [0.3, 0.4) is 0 Å². The molecule has 7 heteroatoms. The number of imide groups is 1. The van der Waals surface area contributed by atoms with Crippen molar-refractivity contribution in [3.63, 3.8) is 0 Å². The van der Waals surface area contributed by atoms with Crippen LogP contribution >= 0.6 is 50.6 Å². The highest BCUT2D eigenvalue weighted by molar-refractivity contribution is 9.11. The molecule has 2 aromatic rings. The van der Waals surface area contributed by atoms with E-state index in [2.05, 4.69) is 15.9 Å². The first-order valence-corrected chi connectivity index (χ1v) is 9.08. The third-order valence-corrected chi connectivity index (χ3v) is 5.72. The molecule has 0 atom stereocenters. The number of carbonyl (C=O) groups is 2. The van der Waals surface area contributed by atoms with Crippen molar-refractivity contribution in [2.24, 2.45) is 0 Å². The first-order valence-electron chi connectivity index (χ1n) is 6.28. The maximum Gasteiger partial charge on any atom is 0.293 e. The van der Waals surface area contributed by atoms with Crippen molar-refractivity contribution in [3.8, 4) is 0 Å². The second-order valence-corrected chi connectivity index (χ2v) is 8.46. The Morgan fingerprint density at radius 1 is 1.14 bits per heavy atom. The number of carbonyl (C=O) groups excluding carboxylic acids is 2. The molecule has 0 N–H and O–H groups in total. The number of amides is 2. The number of rotatable bonds is 3. The van der Waals surface area contributed by atoms with Crippen LogP contribution in [-0.4, -0.2) is 16.0 Å². The summed E-state index contributed by atoms with van der Waals surface area (Å²) >= 11 is 11.7. The zero-order valence-electron chi connectivity index (χ0n) is 11.1. The monoisotopic (exact) mass is 413 g/mol. The third-order valence-electron chi connectivity index (χ3n) is 2.99. The molecular weight excluding hydrogens is 406 g/mol. The average molecular weight is 415 g/mol. The predicted molar refractivity (Wildman–Crippen MR) is 95.0 cm³/mol. The first-order chi connectivity index (χ1) is 10.5. The molecule has 1 fully saturated rings.